The summed E-state index contributed by atoms with van der Waals surface area (Å²) >= 11 is 0. The van der Waals surface area contributed by atoms with Crippen molar-refractivity contribution in [3.05, 3.63) is 29.8 Å². The van der Waals surface area contributed by atoms with Gasteiger partial charge in [0, 0.05) is 6.54 Å². The SMILES string of the molecule is CC(C)C1(C(=O)Nc2ccccc2C(N)=O)CCNC1. The quantitative estimate of drug-likeness (QED) is 0.775. The Morgan fingerprint density at radius 3 is 2.60 bits per heavy atom. The highest BCUT2D eigenvalue weighted by atomic mass is 16.2. The van der Waals surface area contributed by atoms with Crippen molar-refractivity contribution in [3.63, 3.8) is 0 Å². The molecule has 2 amide bonds. The number of nitrogens with one attached hydrogen (secondary N) is 2. The minimum absolute atomic E-state index is 0.0498. The Morgan fingerprint density at radius 1 is 1.35 bits per heavy atom. The molecule has 5 heteroatoms. The molecule has 1 heterocycles. The summed E-state index contributed by atoms with van der Waals surface area (Å²) in [5, 5.41) is 6.12. The van der Waals surface area contributed by atoms with Crippen LogP contribution in [0, 0.1) is 11.3 Å². The maximum atomic E-state index is 12.6. The van der Waals surface area contributed by atoms with E-state index in [2.05, 4.69) is 10.6 Å². The van der Waals surface area contributed by atoms with E-state index in [1.165, 1.54) is 0 Å². The van der Waals surface area contributed by atoms with Crippen LogP contribution in [0.25, 0.3) is 0 Å². The fourth-order valence-corrected chi connectivity index (χ4v) is 2.71. The van der Waals surface area contributed by atoms with Gasteiger partial charge in [-0.2, -0.15) is 0 Å². The molecular weight excluding hydrogens is 254 g/mol. The zero-order valence-electron chi connectivity index (χ0n) is 11.9. The standard InChI is InChI=1S/C15H21N3O2/c1-10(2)15(7-8-17-9-15)14(20)18-12-6-4-3-5-11(12)13(16)19/h3-6,10,17H,7-9H2,1-2H3,(H2,16,19)(H,18,20). The average Bonchev–Trinajstić information content (AvgIpc) is 2.89. The summed E-state index contributed by atoms with van der Waals surface area (Å²) in [5.41, 5.74) is 5.73. The van der Waals surface area contributed by atoms with E-state index in [4.69, 9.17) is 5.73 Å². The molecule has 1 aliphatic heterocycles. The minimum Gasteiger partial charge on any atom is -0.366 e. The lowest BCUT2D eigenvalue weighted by Gasteiger charge is -2.31. The molecule has 2 rings (SSSR count). The molecule has 1 aromatic carbocycles. The van der Waals surface area contributed by atoms with Crippen LogP contribution >= 0.6 is 0 Å². The van der Waals surface area contributed by atoms with Crippen LogP contribution in [0.5, 0.6) is 0 Å². The minimum atomic E-state index is -0.538. The van der Waals surface area contributed by atoms with Crippen molar-refractivity contribution in [2.24, 2.45) is 17.1 Å². The number of hydrogen-bond acceptors (Lipinski definition) is 3. The zero-order chi connectivity index (χ0) is 14.8. The maximum Gasteiger partial charge on any atom is 0.250 e. The first-order chi connectivity index (χ1) is 9.47. The average molecular weight is 275 g/mol. The molecule has 4 N–H and O–H groups in total. The summed E-state index contributed by atoms with van der Waals surface area (Å²) < 4.78 is 0. The highest BCUT2D eigenvalue weighted by Gasteiger charge is 2.44. The van der Waals surface area contributed by atoms with Crippen LogP contribution in [-0.2, 0) is 4.79 Å². The highest BCUT2D eigenvalue weighted by molar-refractivity contribution is 6.04. The van der Waals surface area contributed by atoms with Gasteiger partial charge in [-0.1, -0.05) is 26.0 Å². The van der Waals surface area contributed by atoms with Crippen molar-refractivity contribution in [2.75, 3.05) is 18.4 Å². The summed E-state index contributed by atoms with van der Waals surface area (Å²) in [6.45, 7) is 5.59. The van der Waals surface area contributed by atoms with Gasteiger partial charge in [-0.25, -0.2) is 0 Å². The largest absolute Gasteiger partial charge is 0.366 e. The lowest BCUT2D eigenvalue weighted by Crippen LogP contribution is -2.42. The number of nitrogens with two attached hydrogens (primary N) is 1. The van der Waals surface area contributed by atoms with Crippen molar-refractivity contribution >= 4 is 17.5 Å². The Hall–Kier alpha value is -1.88. The van der Waals surface area contributed by atoms with Gasteiger partial charge in [-0.3, -0.25) is 9.59 Å². The molecule has 1 aromatic rings. The predicted octanol–water partition coefficient (Wildman–Crippen LogP) is 1.36. The van der Waals surface area contributed by atoms with E-state index in [1.54, 1.807) is 24.3 Å². The van der Waals surface area contributed by atoms with Gasteiger partial charge in [0.2, 0.25) is 5.91 Å². The number of benzene rings is 1. The van der Waals surface area contributed by atoms with Crippen LogP contribution in [0.1, 0.15) is 30.6 Å². The van der Waals surface area contributed by atoms with Gasteiger partial charge in [0.05, 0.1) is 16.7 Å². The molecule has 1 unspecified atom stereocenters. The number of para-hydroxylation sites is 1. The molecule has 1 fully saturated rings. The Balaban J connectivity index is 2.26. The Bertz CT molecular complexity index is 520. The van der Waals surface area contributed by atoms with Crippen LogP contribution in [0.2, 0.25) is 0 Å². The van der Waals surface area contributed by atoms with E-state index in [1.807, 2.05) is 13.8 Å². The molecule has 0 aromatic heterocycles. The lowest BCUT2D eigenvalue weighted by atomic mass is 9.75. The molecule has 108 valence electrons. The highest BCUT2D eigenvalue weighted by Crippen LogP contribution is 2.35. The van der Waals surface area contributed by atoms with Crippen LogP contribution in [-0.4, -0.2) is 24.9 Å². The van der Waals surface area contributed by atoms with Crippen molar-refractivity contribution in [1.82, 2.24) is 5.32 Å². The first kappa shape index (κ1) is 14.5. The fraction of sp³-hybridized carbons (Fsp3) is 0.467. The third kappa shape index (κ3) is 2.54. The fourth-order valence-electron chi connectivity index (χ4n) is 2.71. The van der Waals surface area contributed by atoms with E-state index < -0.39 is 11.3 Å². The third-order valence-electron chi connectivity index (χ3n) is 4.19. The molecule has 0 spiro atoms. The van der Waals surface area contributed by atoms with Crippen LogP contribution < -0.4 is 16.4 Å². The van der Waals surface area contributed by atoms with Crippen molar-refractivity contribution < 1.29 is 9.59 Å². The molecule has 0 radical (unpaired) electrons. The van der Waals surface area contributed by atoms with Gasteiger partial charge in [0.1, 0.15) is 0 Å². The number of carbonyl (C=O) groups excluding carboxylic acids is 2. The maximum absolute atomic E-state index is 12.6. The second kappa shape index (κ2) is 5.63. The second-order valence-corrected chi connectivity index (χ2v) is 5.60. The molecule has 5 nitrogen and oxygen atoms in total. The summed E-state index contributed by atoms with van der Waals surface area (Å²) in [7, 11) is 0. The summed E-state index contributed by atoms with van der Waals surface area (Å²) in [6, 6.07) is 6.82. The van der Waals surface area contributed by atoms with E-state index in [9.17, 15) is 9.59 Å². The van der Waals surface area contributed by atoms with Crippen molar-refractivity contribution in [1.29, 1.82) is 0 Å². The molecule has 1 aliphatic rings. The molecule has 1 atom stereocenters. The van der Waals surface area contributed by atoms with E-state index in [0.717, 1.165) is 13.0 Å². The van der Waals surface area contributed by atoms with Crippen molar-refractivity contribution in [3.8, 4) is 0 Å². The predicted molar refractivity (Wildman–Crippen MR) is 78.3 cm³/mol. The summed E-state index contributed by atoms with van der Waals surface area (Å²) in [6.07, 6.45) is 0.801. The van der Waals surface area contributed by atoms with Crippen LogP contribution in [0.4, 0.5) is 5.69 Å². The van der Waals surface area contributed by atoms with Gasteiger partial charge < -0.3 is 16.4 Å². The number of amides is 2. The van der Waals surface area contributed by atoms with Crippen LogP contribution in [0.15, 0.2) is 24.3 Å². The monoisotopic (exact) mass is 275 g/mol. The van der Waals surface area contributed by atoms with Gasteiger partial charge in [0.15, 0.2) is 0 Å². The van der Waals surface area contributed by atoms with E-state index in [-0.39, 0.29) is 11.8 Å². The van der Waals surface area contributed by atoms with Gasteiger partial charge in [-0.15, -0.1) is 0 Å². The molecule has 0 saturated carbocycles. The number of hydrogen-bond donors (Lipinski definition) is 3. The van der Waals surface area contributed by atoms with Gasteiger partial charge >= 0.3 is 0 Å². The summed E-state index contributed by atoms with van der Waals surface area (Å²) in [5.74, 6) is -0.367. The zero-order valence-corrected chi connectivity index (χ0v) is 11.9. The molecule has 1 saturated heterocycles. The Kier molecular flexibility index (Phi) is 4.09. The second-order valence-electron chi connectivity index (χ2n) is 5.60. The number of rotatable bonds is 4. The Morgan fingerprint density at radius 2 is 2.05 bits per heavy atom. The number of carbonyl (C=O) groups is 2. The van der Waals surface area contributed by atoms with E-state index >= 15 is 0 Å². The molecule has 20 heavy (non-hydrogen) atoms. The Labute approximate surface area is 118 Å². The van der Waals surface area contributed by atoms with Gasteiger partial charge in [-0.05, 0) is 31.0 Å². The molecule has 0 bridgehead atoms. The van der Waals surface area contributed by atoms with E-state index in [0.29, 0.717) is 17.8 Å². The smallest absolute Gasteiger partial charge is 0.250 e. The molecular formula is C15H21N3O2. The third-order valence-corrected chi connectivity index (χ3v) is 4.19. The number of anilines is 1. The summed E-state index contributed by atoms with van der Waals surface area (Å²) in [4.78, 5) is 24.0. The van der Waals surface area contributed by atoms with Crippen LogP contribution in [0.3, 0.4) is 0 Å². The lowest BCUT2D eigenvalue weighted by molar-refractivity contribution is -0.126. The van der Waals surface area contributed by atoms with Crippen molar-refractivity contribution in [2.45, 2.75) is 20.3 Å². The molecule has 0 aliphatic carbocycles. The topological polar surface area (TPSA) is 84.2 Å². The number of primary amides is 1. The first-order valence-electron chi connectivity index (χ1n) is 6.88. The first-order valence-corrected chi connectivity index (χ1v) is 6.88. The van der Waals surface area contributed by atoms with Gasteiger partial charge in [0.25, 0.3) is 5.91 Å². The normalized spacial score (nSPS) is 21.9.